The summed E-state index contributed by atoms with van der Waals surface area (Å²) in [5.74, 6) is 6.29. The van der Waals surface area contributed by atoms with Gasteiger partial charge in [-0.25, -0.2) is 0 Å². The molecule has 94 valence electrons. The van der Waals surface area contributed by atoms with Crippen LogP contribution in [0.2, 0.25) is 0 Å². The van der Waals surface area contributed by atoms with Gasteiger partial charge in [-0.05, 0) is 40.5 Å². The van der Waals surface area contributed by atoms with Crippen molar-refractivity contribution in [1.29, 1.82) is 0 Å². The van der Waals surface area contributed by atoms with Crippen molar-refractivity contribution in [2.45, 2.75) is 65.6 Å². The first-order chi connectivity index (χ1) is 7.33. The van der Waals surface area contributed by atoms with E-state index in [2.05, 4.69) is 25.7 Å². The Bertz CT molecular complexity index is 219. The van der Waals surface area contributed by atoms with Crippen LogP contribution in [0.1, 0.15) is 54.4 Å². The molecule has 0 amide bonds. The van der Waals surface area contributed by atoms with Gasteiger partial charge in [0.2, 0.25) is 0 Å². The molecule has 0 atom stereocenters. The topological polar surface area (TPSA) is 18.5 Å². The van der Waals surface area contributed by atoms with Gasteiger partial charge in [0, 0.05) is 13.2 Å². The third-order valence-electron chi connectivity index (χ3n) is 2.00. The van der Waals surface area contributed by atoms with Crippen molar-refractivity contribution in [3.63, 3.8) is 0 Å². The Morgan fingerprint density at radius 2 is 1.06 bits per heavy atom. The first kappa shape index (κ1) is 15.5. The molecular formula is C14H26O2. The Hall–Kier alpha value is -0.520. The van der Waals surface area contributed by atoms with E-state index in [0.717, 1.165) is 26.1 Å². The third kappa shape index (κ3) is 7.73. The Kier molecular flexibility index (Phi) is 6.71. The molecule has 0 unspecified atom stereocenters. The van der Waals surface area contributed by atoms with Crippen molar-refractivity contribution in [3.05, 3.63) is 0 Å². The Balaban J connectivity index is 4.33. The fraction of sp³-hybridized carbons (Fsp3) is 0.857. The third-order valence-corrected chi connectivity index (χ3v) is 2.00. The number of hydrogen-bond donors (Lipinski definition) is 0. The monoisotopic (exact) mass is 226 g/mol. The second-order valence-electron chi connectivity index (χ2n) is 4.97. The molecule has 0 heterocycles. The number of hydrogen-bond acceptors (Lipinski definition) is 2. The molecule has 0 bridgehead atoms. The van der Waals surface area contributed by atoms with Crippen LogP contribution in [-0.4, -0.2) is 24.4 Å². The van der Waals surface area contributed by atoms with Gasteiger partial charge in [0.15, 0.2) is 0 Å². The summed E-state index contributed by atoms with van der Waals surface area (Å²) in [5.41, 5.74) is -0.772. The van der Waals surface area contributed by atoms with Crippen LogP contribution in [0.3, 0.4) is 0 Å². The fourth-order valence-corrected chi connectivity index (χ4v) is 1.09. The van der Waals surface area contributed by atoms with Crippen molar-refractivity contribution < 1.29 is 9.47 Å². The molecule has 0 radical (unpaired) electrons. The maximum absolute atomic E-state index is 5.65. The van der Waals surface area contributed by atoms with Gasteiger partial charge in [-0.2, -0.15) is 0 Å². The van der Waals surface area contributed by atoms with Gasteiger partial charge >= 0.3 is 0 Å². The lowest BCUT2D eigenvalue weighted by Crippen LogP contribution is -2.27. The SMILES string of the molecule is CCCOC(C)(C)C#CC(C)(C)OCCC. The van der Waals surface area contributed by atoms with Crippen LogP contribution < -0.4 is 0 Å². The van der Waals surface area contributed by atoms with Gasteiger partial charge in [0.25, 0.3) is 0 Å². The van der Waals surface area contributed by atoms with Crippen molar-refractivity contribution in [1.82, 2.24) is 0 Å². The minimum absolute atomic E-state index is 0.386. The van der Waals surface area contributed by atoms with E-state index in [0.29, 0.717) is 0 Å². The van der Waals surface area contributed by atoms with Crippen LogP contribution in [0.4, 0.5) is 0 Å². The Morgan fingerprint density at radius 1 is 0.750 bits per heavy atom. The van der Waals surface area contributed by atoms with Gasteiger partial charge < -0.3 is 9.47 Å². The van der Waals surface area contributed by atoms with E-state index in [1.807, 2.05) is 27.7 Å². The van der Waals surface area contributed by atoms with Crippen molar-refractivity contribution >= 4 is 0 Å². The molecular weight excluding hydrogens is 200 g/mol. The first-order valence-corrected chi connectivity index (χ1v) is 6.15. The summed E-state index contributed by atoms with van der Waals surface area (Å²) < 4.78 is 11.3. The highest BCUT2D eigenvalue weighted by molar-refractivity contribution is 5.18. The highest BCUT2D eigenvalue weighted by Crippen LogP contribution is 2.12. The molecule has 0 aromatic carbocycles. The molecule has 2 heteroatoms. The maximum Gasteiger partial charge on any atom is 0.123 e. The minimum Gasteiger partial charge on any atom is -0.363 e. The molecule has 16 heavy (non-hydrogen) atoms. The summed E-state index contributed by atoms with van der Waals surface area (Å²) in [4.78, 5) is 0. The molecule has 2 nitrogen and oxygen atoms in total. The van der Waals surface area contributed by atoms with Crippen LogP contribution >= 0.6 is 0 Å². The van der Waals surface area contributed by atoms with E-state index in [9.17, 15) is 0 Å². The maximum atomic E-state index is 5.65. The van der Waals surface area contributed by atoms with Gasteiger partial charge in [-0.1, -0.05) is 25.7 Å². The van der Waals surface area contributed by atoms with E-state index in [-0.39, 0.29) is 11.2 Å². The second kappa shape index (κ2) is 6.93. The fourth-order valence-electron chi connectivity index (χ4n) is 1.09. The molecule has 0 rings (SSSR count). The summed E-state index contributed by atoms with van der Waals surface area (Å²) in [6.45, 7) is 13.7. The Morgan fingerprint density at radius 3 is 1.31 bits per heavy atom. The summed E-state index contributed by atoms with van der Waals surface area (Å²) >= 11 is 0. The van der Waals surface area contributed by atoms with Crippen molar-refractivity contribution in [3.8, 4) is 11.8 Å². The standard InChI is InChI=1S/C14H26O2/c1-7-11-15-13(3,4)9-10-14(5,6)16-12-8-2/h7-8,11-12H2,1-6H3. The quantitative estimate of drug-likeness (QED) is 0.646. The van der Waals surface area contributed by atoms with Crippen LogP contribution in [0.25, 0.3) is 0 Å². The largest absolute Gasteiger partial charge is 0.363 e. The lowest BCUT2D eigenvalue weighted by atomic mass is 10.1. The number of rotatable bonds is 6. The van der Waals surface area contributed by atoms with Crippen LogP contribution in [0.15, 0.2) is 0 Å². The molecule has 0 fully saturated rings. The molecule has 0 spiro atoms. The van der Waals surface area contributed by atoms with Crippen molar-refractivity contribution in [2.75, 3.05) is 13.2 Å². The van der Waals surface area contributed by atoms with E-state index >= 15 is 0 Å². The van der Waals surface area contributed by atoms with Crippen molar-refractivity contribution in [2.24, 2.45) is 0 Å². The lowest BCUT2D eigenvalue weighted by molar-refractivity contribution is 0.0189. The zero-order chi connectivity index (χ0) is 12.7. The smallest absolute Gasteiger partial charge is 0.123 e. The van der Waals surface area contributed by atoms with Gasteiger partial charge in [-0.15, -0.1) is 0 Å². The highest BCUT2D eigenvalue weighted by atomic mass is 16.5. The molecule has 0 aromatic rings. The zero-order valence-corrected chi connectivity index (χ0v) is 11.6. The van der Waals surface area contributed by atoms with Gasteiger partial charge in [0.1, 0.15) is 11.2 Å². The zero-order valence-electron chi connectivity index (χ0n) is 11.6. The van der Waals surface area contributed by atoms with Gasteiger partial charge in [-0.3, -0.25) is 0 Å². The highest BCUT2D eigenvalue weighted by Gasteiger charge is 2.18. The molecule has 0 aliphatic rings. The molecule has 0 aliphatic carbocycles. The van der Waals surface area contributed by atoms with Crippen LogP contribution in [0.5, 0.6) is 0 Å². The van der Waals surface area contributed by atoms with Crippen LogP contribution in [-0.2, 0) is 9.47 Å². The molecule has 0 aliphatic heterocycles. The predicted octanol–water partition coefficient (Wildman–Crippen LogP) is 3.40. The second-order valence-corrected chi connectivity index (χ2v) is 4.97. The molecule has 0 saturated heterocycles. The predicted molar refractivity (Wildman–Crippen MR) is 68.4 cm³/mol. The molecule has 0 saturated carbocycles. The summed E-state index contributed by atoms with van der Waals surface area (Å²) in [5, 5.41) is 0. The average Bonchev–Trinajstić information content (AvgIpc) is 2.22. The average molecular weight is 226 g/mol. The minimum atomic E-state index is -0.386. The summed E-state index contributed by atoms with van der Waals surface area (Å²) in [6.07, 6.45) is 2.03. The molecule has 0 aromatic heterocycles. The van der Waals surface area contributed by atoms with E-state index in [1.54, 1.807) is 0 Å². The van der Waals surface area contributed by atoms with E-state index in [4.69, 9.17) is 9.47 Å². The molecule has 0 N–H and O–H groups in total. The first-order valence-electron chi connectivity index (χ1n) is 6.15. The summed E-state index contributed by atoms with van der Waals surface area (Å²) in [7, 11) is 0. The normalized spacial score (nSPS) is 12.1. The number of ether oxygens (including phenoxy) is 2. The Labute approximate surface area is 101 Å². The van der Waals surface area contributed by atoms with Gasteiger partial charge in [0.05, 0.1) is 0 Å². The van der Waals surface area contributed by atoms with E-state index < -0.39 is 0 Å². The summed E-state index contributed by atoms with van der Waals surface area (Å²) in [6, 6.07) is 0. The van der Waals surface area contributed by atoms with Crippen LogP contribution in [0, 0.1) is 11.8 Å². The van der Waals surface area contributed by atoms with E-state index in [1.165, 1.54) is 0 Å². The lowest BCUT2D eigenvalue weighted by Gasteiger charge is -2.22.